The van der Waals surface area contributed by atoms with Gasteiger partial charge in [-0.15, -0.1) is 0 Å². The predicted molar refractivity (Wildman–Crippen MR) is 98.5 cm³/mol. The summed E-state index contributed by atoms with van der Waals surface area (Å²) >= 11 is 3.48. The second-order valence-electron chi connectivity index (χ2n) is 6.72. The zero-order chi connectivity index (χ0) is 18.3. The first-order chi connectivity index (χ1) is 12.5. The van der Waals surface area contributed by atoms with Crippen LogP contribution in [0.5, 0.6) is 0 Å². The third-order valence-electron chi connectivity index (χ3n) is 4.91. The van der Waals surface area contributed by atoms with E-state index in [9.17, 15) is 9.59 Å². The molecule has 0 saturated heterocycles. The van der Waals surface area contributed by atoms with Crippen molar-refractivity contribution in [3.05, 3.63) is 57.7 Å². The van der Waals surface area contributed by atoms with E-state index >= 15 is 0 Å². The second kappa shape index (κ2) is 6.22. The van der Waals surface area contributed by atoms with Gasteiger partial charge in [-0.05, 0) is 48.7 Å². The molecule has 0 radical (unpaired) electrons. The molecule has 2 heterocycles. The zero-order valence-corrected chi connectivity index (χ0v) is 15.4. The number of rotatable bonds is 3. The number of hydrogen-bond donors (Lipinski definition) is 1. The molecule has 7 heteroatoms. The summed E-state index contributed by atoms with van der Waals surface area (Å²) in [6.45, 7) is 0.543. The highest BCUT2D eigenvalue weighted by Gasteiger charge is 2.51. The molecule has 130 valence electrons. The van der Waals surface area contributed by atoms with Crippen LogP contribution in [-0.2, 0) is 10.2 Å². The molecule has 6 nitrogen and oxygen atoms in total. The summed E-state index contributed by atoms with van der Waals surface area (Å²) in [5.41, 5.74) is 2.18. The van der Waals surface area contributed by atoms with E-state index in [2.05, 4.69) is 26.2 Å². The maximum Gasteiger partial charge on any atom is 0.254 e. The van der Waals surface area contributed by atoms with Gasteiger partial charge < -0.3 is 10.2 Å². The molecule has 2 aromatic rings. The number of nitriles is 1. The summed E-state index contributed by atoms with van der Waals surface area (Å²) < 4.78 is 0.966. The molecule has 4 rings (SSSR count). The topological polar surface area (TPSA) is 86.1 Å². The Kier molecular flexibility index (Phi) is 4.00. The van der Waals surface area contributed by atoms with Crippen molar-refractivity contribution in [1.82, 2.24) is 9.88 Å². The maximum absolute atomic E-state index is 12.8. The number of halogens is 1. The van der Waals surface area contributed by atoms with Crippen LogP contribution in [0.15, 0.2) is 41.0 Å². The van der Waals surface area contributed by atoms with Crippen LogP contribution in [0.1, 0.15) is 34.3 Å². The minimum Gasteiger partial charge on any atom is -0.328 e. The molecule has 1 N–H and O–H groups in total. The second-order valence-corrected chi connectivity index (χ2v) is 7.64. The monoisotopic (exact) mass is 410 g/mol. The van der Waals surface area contributed by atoms with Gasteiger partial charge in [0.2, 0.25) is 5.91 Å². The van der Waals surface area contributed by atoms with Crippen LogP contribution in [0.25, 0.3) is 0 Å². The normalized spacial score (nSPS) is 16.8. The van der Waals surface area contributed by atoms with Crippen molar-refractivity contribution >= 4 is 33.6 Å². The largest absolute Gasteiger partial charge is 0.328 e. The molecule has 1 aromatic carbocycles. The van der Waals surface area contributed by atoms with Gasteiger partial charge >= 0.3 is 0 Å². The average molecular weight is 411 g/mol. The summed E-state index contributed by atoms with van der Waals surface area (Å²) in [6.07, 6.45) is 3.45. The lowest BCUT2D eigenvalue weighted by molar-refractivity contribution is -0.117. The molecule has 1 spiro atoms. The Balaban J connectivity index is 1.50. The van der Waals surface area contributed by atoms with Gasteiger partial charge in [0.1, 0.15) is 18.4 Å². The fourth-order valence-electron chi connectivity index (χ4n) is 3.43. The number of hydrogen-bond acceptors (Lipinski definition) is 4. The molecular formula is C19H15BrN4O2. The molecule has 0 atom stereocenters. The molecule has 1 aromatic heterocycles. The molecule has 1 aliphatic heterocycles. The standard InChI is InChI=1S/C19H15BrN4O2/c20-13-2-3-14-15(7-13)19(5-6-19)11-24(18(14)26)10-17(25)23-16-4-1-12(8-21)9-22-16/h1-4,7,9H,5-6,10-11H2,(H,22,23,25). The Morgan fingerprint density at radius 2 is 2.15 bits per heavy atom. The molecule has 0 unspecified atom stereocenters. The van der Waals surface area contributed by atoms with Gasteiger partial charge in [-0.25, -0.2) is 4.98 Å². The summed E-state index contributed by atoms with van der Waals surface area (Å²) in [4.78, 5) is 30.8. The number of pyridine rings is 1. The van der Waals surface area contributed by atoms with Crippen molar-refractivity contribution in [1.29, 1.82) is 5.26 Å². The van der Waals surface area contributed by atoms with E-state index in [0.29, 0.717) is 23.5 Å². The lowest BCUT2D eigenvalue weighted by Gasteiger charge is -2.34. The molecule has 1 fully saturated rings. The molecule has 2 amide bonds. The van der Waals surface area contributed by atoms with Crippen molar-refractivity contribution in [3.63, 3.8) is 0 Å². The number of anilines is 1. The van der Waals surface area contributed by atoms with Crippen LogP contribution in [-0.4, -0.2) is 34.8 Å². The van der Waals surface area contributed by atoms with E-state index in [1.165, 1.54) is 6.20 Å². The molecule has 2 aliphatic rings. The van der Waals surface area contributed by atoms with E-state index in [4.69, 9.17) is 5.26 Å². The Morgan fingerprint density at radius 1 is 1.35 bits per heavy atom. The zero-order valence-electron chi connectivity index (χ0n) is 13.8. The first-order valence-electron chi connectivity index (χ1n) is 8.26. The Bertz CT molecular complexity index is 945. The lowest BCUT2D eigenvalue weighted by Crippen LogP contribution is -2.46. The first kappa shape index (κ1) is 16.7. The fourth-order valence-corrected chi connectivity index (χ4v) is 3.79. The number of nitrogens with one attached hydrogen (secondary N) is 1. The van der Waals surface area contributed by atoms with E-state index < -0.39 is 0 Å². The van der Waals surface area contributed by atoms with Gasteiger partial charge in [-0.1, -0.05) is 15.9 Å². The number of amides is 2. The number of fused-ring (bicyclic) bond motifs is 2. The average Bonchev–Trinajstić information content (AvgIpc) is 3.40. The maximum atomic E-state index is 12.8. The van der Waals surface area contributed by atoms with Crippen LogP contribution < -0.4 is 5.32 Å². The lowest BCUT2D eigenvalue weighted by atomic mass is 9.86. The smallest absolute Gasteiger partial charge is 0.254 e. The van der Waals surface area contributed by atoms with E-state index in [0.717, 1.165) is 22.9 Å². The van der Waals surface area contributed by atoms with E-state index in [-0.39, 0.29) is 23.8 Å². The number of aromatic nitrogens is 1. The van der Waals surface area contributed by atoms with Gasteiger partial charge in [0.05, 0.1) is 5.56 Å². The van der Waals surface area contributed by atoms with Crippen LogP contribution in [0, 0.1) is 11.3 Å². The first-order valence-corrected chi connectivity index (χ1v) is 9.05. The van der Waals surface area contributed by atoms with E-state index in [1.54, 1.807) is 17.0 Å². The molecule has 0 bridgehead atoms. The molecule has 1 saturated carbocycles. The molecule has 1 aliphatic carbocycles. The quantitative estimate of drug-likeness (QED) is 0.842. The van der Waals surface area contributed by atoms with Gasteiger partial charge in [-0.3, -0.25) is 9.59 Å². The van der Waals surface area contributed by atoms with Gasteiger partial charge in [0.15, 0.2) is 0 Å². The van der Waals surface area contributed by atoms with Crippen LogP contribution in [0.3, 0.4) is 0 Å². The highest BCUT2D eigenvalue weighted by Crippen LogP contribution is 2.52. The summed E-state index contributed by atoms with van der Waals surface area (Å²) in [7, 11) is 0. The van der Waals surface area contributed by atoms with E-state index in [1.807, 2.05) is 24.3 Å². The molecular weight excluding hydrogens is 396 g/mol. The number of benzene rings is 1. The van der Waals surface area contributed by atoms with Gasteiger partial charge in [-0.2, -0.15) is 5.26 Å². The van der Waals surface area contributed by atoms with Gasteiger partial charge in [0, 0.05) is 28.2 Å². The van der Waals surface area contributed by atoms with Crippen LogP contribution in [0.2, 0.25) is 0 Å². The highest BCUT2D eigenvalue weighted by atomic mass is 79.9. The number of carbonyl (C=O) groups excluding carboxylic acids is 2. The Hall–Kier alpha value is -2.72. The summed E-state index contributed by atoms with van der Waals surface area (Å²) in [5.74, 6) is -0.0520. The van der Waals surface area contributed by atoms with Crippen molar-refractivity contribution in [2.45, 2.75) is 18.3 Å². The van der Waals surface area contributed by atoms with Crippen molar-refractivity contribution in [2.24, 2.45) is 0 Å². The minimum atomic E-state index is -0.299. The third-order valence-corrected chi connectivity index (χ3v) is 5.41. The van der Waals surface area contributed by atoms with Crippen molar-refractivity contribution < 1.29 is 9.59 Å². The fraction of sp³-hybridized carbons (Fsp3) is 0.263. The predicted octanol–water partition coefficient (Wildman–Crippen LogP) is 2.84. The summed E-state index contributed by atoms with van der Waals surface area (Å²) in [6, 6.07) is 10.8. The Labute approximate surface area is 159 Å². The molecule has 26 heavy (non-hydrogen) atoms. The van der Waals surface area contributed by atoms with Crippen LogP contribution in [0.4, 0.5) is 5.82 Å². The van der Waals surface area contributed by atoms with Crippen molar-refractivity contribution in [3.8, 4) is 6.07 Å². The third kappa shape index (κ3) is 2.97. The Morgan fingerprint density at radius 3 is 2.81 bits per heavy atom. The minimum absolute atomic E-state index is 0.0139. The summed E-state index contributed by atoms with van der Waals surface area (Å²) in [5, 5.41) is 11.5. The SMILES string of the molecule is N#Cc1ccc(NC(=O)CN2CC3(CC3)c3cc(Br)ccc3C2=O)nc1. The van der Waals surface area contributed by atoms with Crippen LogP contribution >= 0.6 is 15.9 Å². The highest BCUT2D eigenvalue weighted by molar-refractivity contribution is 9.10. The number of nitrogens with zero attached hydrogens (tertiary/aromatic N) is 3. The van der Waals surface area contributed by atoms with Gasteiger partial charge in [0.25, 0.3) is 5.91 Å². The van der Waals surface area contributed by atoms with Crippen molar-refractivity contribution in [2.75, 3.05) is 18.4 Å². The number of carbonyl (C=O) groups is 2.